The molecule has 3 aromatic carbocycles. The van der Waals surface area contributed by atoms with Crippen LogP contribution >= 0.6 is 0 Å². The summed E-state index contributed by atoms with van der Waals surface area (Å²) in [5, 5.41) is 2.11. The Bertz CT molecular complexity index is 905. The van der Waals surface area contributed by atoms with E-state index in [4.69, 9.17) is 14.2 Å². The maximum atomic E-state index is 6.30. The van der Waals surface area contributed by atoms with Gasteiger partial charge in [-0.1, -0.05) is 82.7 Å². The summed E-state index contributed by atoms with van der Waals surface area (Å²) in [5.41, 5.74) is 0. The van der Waals surface area contributed by atoms with Crippen LogP contribution < -0.4 is 14.2 Å². The lowest BCUT2D eigenvalue weighted by Crippen LogP contribution is -2.01. The molecule has 31 heavy (non-hydrogen) atoms. The Kier molecular flexibility index (Phi) is 9.56. The van der Waals surface area contributed by atoms with Crippen LogP contribution in [0.15, 0.2) is 60.7 Å². The van der Waals surface area contributed by atoms with E-state index in [1.54, 1.807) is 0 Å². The molecule has 3 heteroatoms. The normalized spacial score (nSPS) is 10.9. The molecule has 0 saturated carbocycles. The standard InChI is InChI=1S/C28H36O3/c1-3-5-7-12-21-29-26-18-14-17-25-24(26)19-20-27(31-23-15-10-9-11-16-23)28(25)30-22-13-8-6-4-2/h9-11,14-20H,3-8,12-13,21-22H2,1-2H3. The summed E-state index contributed by atoms with van der Waals surface area (Å²) in [6, 6.07) is 20.1. The van der Waals surface area contributed by atoms with Gasteiger partial charge in [0.25, 0.3) is 0 Å². The quantitative estimate of drug-likeness (QED) is 0.244. The number of rotatable bonds is 14. The van der Waals surface area contributed by atoms with Crippen molar-refractivity contribution in [3.8, 4) is 23.0 Å². The molecule has 0 spiro atoms. The Morgan fingerprint density at radius 3 is 1.97 bits per heavy atom. The summed E-state index contributed by atoms with van der Waals surface area (Å²) in [6.45, 7) is 5.88. The average molecular weight is 421 g/mol. The van der Waals surface area contributed by atoms with Crippen molar-refractivity contribution in [2.75, 3.05) is 13.2 Å². The predicted molar refractivity (Wildman–Crippen MR) is 130 cm³/mol. The first-order chi connectivity index (χ1) is 15.3. The second-order valence-electron chi connectivity index (χ2n) is 7.98. The molecule has 0 aliphatic rings. The molecule has 3 nitrogen and oxygen atoms in total. The molecular weight excluding hydrogens is 384 g/mol. The number of hydrogen-bond donors (Lipinski definition) is 0. The van der Waals surface area contributed by atoms with Gasteiger partial charge in [0.15, 0.2) is 11.5 Å². The molecular formula is C28H36O3. The number of unbranched alkanes of at least 4 members (excludes halogenated alkanes) is 6. The van der Waals surface area contributed by atoms with Crippen molar-refractivity contribution in [2.45, 2.75) is 65.2 Å². The number of ether oxygens (including phenoxy) is 3. The van der Waals surface area contributed by atoms with Crippen molar-refractivity contribution in [3.05, 3.63) is 60.7 Å². The lowest BCUT2D eigenvalue weighted by Gasteiger charge is -2.17. The fourth-order valence-electron chi connectivity index (χ4n) is 3.67. The minimum absolute atomic E-state index is 0.687. The smallest absolute Gasteiger partial charge is 0.169 e. The highest BCUT2D eigenvalue weighted by Gasteiger charge is 2.14. The van der Waals surface area contributed by atoms with E-state index in [0.29, 0.717) is 6.61 Å². The zero-order valence-electron chi connectivity index (χ0n) is 19.1. The van der Waals surface area contributed by atoms with E-state index >= 15 is 0 Å². The Balaban J connectivity index is 1.83. The third-order valence-electron chi connectivity index (χ3n) is 5.41. The first-order valence-corrected chi connectivity index (χ1v) is 11.9. The molecule has 0 heterocycles. The maximum Gasteiger partial charge on any atom is 0.169 e. The number of para-hydroxylation sites is 1. The van der Waals surface area contributed by atoms with Crippen LogP contribution in [0.25, 0.3) is 10.8 Å². The zero-order chi connectivity index (χ0) is 21.7. The fourth-order valence-corrected chi connectivity index (χ4v) is 3.67. The largest absolute Gasteiger partial charge is 0.493 e. The summed E-state index contributed by atoms with van der Waals surface area (Å²) in [5.74, 6) is 3.26. The number of fused-ring (bicyclic) bond motifs is 1. The molecule has 0 N–H and O–H groups in total. The van der Waals surface area contributed by atoms with Crippen LogP contribution in [0.5, 0.6) is 23.0 Å². The van der Waals surface area contributed by atoms with E-state index in [1.165, 1.54) is 38.5 Å². The molecule has 0 aromatic heterocycles. The van der Waals surface area contributed by atoms with Crippen LogP contribution in [0, 0.1) is 0 Å². The Morgan fingerprint density at radius 2 is 1.26 bits per heavy atom. The van der Waals surface area contributed by atoms with Gasteiger partial charge in [0.1, 0.15) is 11.5 Å². The van der Waals surface area contributed by atoms with Crippen molar-refractivity contribution in [2.24, 2.45) is 0 Å². The Labute approximate surface area is 187 Å². The van der Waals surface area contributed by atoms with Gasteiger partial charge in [-0.05, 0) is 43.2 Å². The third kappa shape index (κ3) is 6.92. The van der Waals surface area contributed by atoms with Gasteiger partial charge in [0.2, 0.25) is 0 Å². The van der Waals surface area contributed by atoms with E-state index in [1.807, 2.05) is 48.5 Å². The van der Waals surface area contributed by atoms with E-state index < -0.39 is 0 Å². The predicted octanol–water partition coefficient (Wildman–Crippen LogP) is 8.55. The number of hydrogen-bond acceptors (Lipinski definition) is 3. The van der Waals surface area contributed by atoms with Gasteiger partial charge in [-0.15, -0.1) is 0 Å². The van der Waals surface area contributed by atoms with Gasteiger partial charge >= 0.3 is 0 Å². The van der Waals surface area contributed by atoms with E-state index in [0.717, 1.165) is 53.2 Å². The molecule has 0 bridgehead atoms. The molecule has 0 radical (unpaired) electrons. The molecule has 0 amide bonds. The van der Waals surface area contributed by atoms with E-state index in [-0.39, 0.29) is 0 Å². The second kappa shape index (κ2) is 12.9. The van der Waals surface area contributed by atoms with Crippen molar-refractivity contribution < 1.29 is 14.2 Å². The van der Waals surface area contributed by atoms with Crippen LogP contribution in [0.4, 0.5) is 0 Å². The highest BCUT2D eigenvalue weighted by Crippen LogP contribution is 2.41. The van der Waals surface area contributed by atoms with Crippen LogP contribution in [0.2, 0.25) is 0 Å². The summed E-state index contributed by atoms with van der Waals surface area (Å²) in [7, 11) is 0. The lowest BCUT2D eigenvalue weighted by molar-refractivity contribution is 0.294. The average Bonchev–Trinajstić information content (AvgIpc) is 2.80. The first kappa shape index (κ1) is 23.0. The van der Waals surface area contributed by atoms with Crippen molar-refractivity contribution >= 4 is 10.8 Å². The van der Waals surface area contributed by atoms with Crippen LogP contribution in [-0.4, -0.2) is 13.2 Å². The van der Waals surface area contributed by atoms with Gasteiger partial charge in [0.05, 0.1) is 13.2 Å². The summed E-state index contributed by atoms with van der Waals surface area (Å²) in [6.07, 6.45) is 9.47. The molecule has 0 atom stereocenters. The second-order valence-corrected chi connectivity index (χ2v) is 7.98. The van der Waals surface area contributed by atoms with Gasteiger partial charge in [-0.2, -0.15) is 0 Å². The third-order valence-corrected chi connectivity index (χ3v) is 5.41. The number of benzene rings is 3. The van der Waals surface area contributed by atoms with Crippen LogP contribution in [0.1, 0.15) is 65.2 Å². The lowest BCUT2D eigenvalue weighted by atomic mass is 10.1. The summed E-state index contributed by atoms with van der Waals surface area (Å²) < 4.78 is 18.6. The SMILES string of the molecule is CCCCCCOc1cccc2c(OCCCCCC)c(Oc3ccccc3)ccc12. The van der Waals surface area contributed by atoms with Crippen molar-refractivity contribution in [1.29, 1.82) is 0 Å². The highest BCUT2D eigenvalue weighted by atomic mass is 16.5. The van der Waals surface area contributed by atoms with Gasteiger partial charge < -0.3 is 14.2 Å². The van der Waals surface area contributed by atoms with Crippen molar-refractivity contribution in [1.82, 2.24) is 0 Å². The molecule has 0 aliphatic heterocycles. The minimum Gasteiger partial charge on any atom is -0.493 e. The Morgan fingerprint density at radius 1 is 0.548 bits per heavy atom. The summed E-state index contributed by atoms with van der Waals surface area (Å²) in [4.78, 5) is 0. The monoisotopic (exact) mass is 420 g/mol. The van der Waals surface area contributed by atoms with Gasteiger partial charge in [-0.25, -0.2) is 0 Å². The van der Waals surface area contributed by atoms with Gasteiger partial charge in [0, 0.05) is 10.8 Å². The molecule has 0 aliphatic carbocycles. The minimum atomic E-state index is 0.687. The molecule has 166 valence electrons. The summed E-state index contributed by atoms with van der Waals surface area (Å²) >= 11 is 0. The van der Waals surface area contributed by atoms with Crippen LogP contribution in [-0.2, 0) is 0 Å². The molecule has 3 aromatic rings. The topological polar surface area (TPSA) is 27.7 Å². The highest BCUT2D eigenvalue weighted by molar-refractivity contribution is 5.95. The molecule has 0 saturated heterocycles. The van der Waals surface area contributed by atoms with E-state index in [2.05, 4.69) is 26.0 Å². The van der Waals surface area contributed by atoms with Crippen molar-refractivity contribution in [3.63, 3.8) is 0 Å². The van der Waals surface area contributed by atoms with E-state index in [9.17, 15) is 0 Å². The molecule has 0 fully saturated rings. The fraction of sp³-hybridized carbons (Fsp3) is 0.429. The Hall–Kier alpha value is -2.68. The molecule has 3 rings (SSSR count). The first-order valence-electron chi connectivity index (χ1n) is 11.9. The maximum absolute atomic E-state index is 6.30. The zero-order valence-corrected chi connectivity index (χ0v) is 19.1. The van der Waals surface area contributed by atoms with Gasteiger partial charge in [-0.3, -0.25) is 0 Å². The van der Waals surface area contributed by atoms with Crippen LogP contribution in [0.3, 0.4) is 0 Å². The molecule has 0 unspecified atom stereocenters.